The molecule has 0 aliphatic carbocycles. The van der Waals surface area contributed by atoms with Gasteiger partial charge in [-0.25, -0.2) is 12.8 Å². The van der Waals surface area contributed by atoms with Crippen molar-refractivity contribution in [2.45, 2.75) is 38.8 Å². The Balaban J connectivity index is 1.39. The molecule has 1 fully saturated rings. The molecule has 0 radical (unpaired) electrons. The van der Waals surface area contributed by atoms with Crippen LogP contribution in [0, 0.1) is 12.7 Å². The molecule has 1 N–H and O–H groups in total. The predicted molar refractivity (Wildman–Crippen MR) is 132 cm³/mol. The van der Waals surface area contributed by atoms with Gasteiger partial charge in [0, 0.05) is 24.2 Å². The minimum absolute atomic E-state index is 0.0733. The number of benzene rings is 3. The summed E-state index contributed by atoms with van der Waals surface area (Å²) in [7, 11) is -2.92. The molecule has 2 aliphatic rings. The van der Waals surface area contributed by atoms with Crippen molar-refractivity contribution in [3.05, 3.63) is 77.1 Å². The van der Waals surface area contributed by atoms with Crippen LogP contribution in [0.4, 0.5) is 10.1 Å². The highest BCUT2D eigenvalue weighted by molar-refractivity contribution is 7.91. The van der Waals surface area contributed by atoms with Crippen molar-refractivity contribution < 1.29 is 22.3 Å². The number of hydrogen-bond donors (Lipinski definition) is 1. The Morgan fingerprint density at radius 1 is 1.09 bits per heavy atom. The number of ether oxygens (including phenoxy) is 2. The molecule has 0 amide bonds. The van der Waals surface area contributed by atoms with Gasteiger partial charge in [-0.05, 0) is 84.5 Å². The molecule has 3 aromatic rings. The van der Waals surface area contributed by atoms with E-state index in [-0.39, 0.29) is 23.4 Å². The maximum absolute atomic E-state index is 13.5. The number of rotatable bonds is 5. The molecule has 7 heteroatoms. The van der Waals surface area contributed by atoms with Crippen LogP contribution < -0.4 is 14.8 Å². The summed E-state index contributed by atoms with van der Waals surface area (Å²) >= 11 is 0. The zero-order chi connectivity index (χ0) is 23.7. The van der Waals surface area contributed by atoms with Gasteiger partial charge in [0.15, 0.2) is 9.84 Å². The first-order chi connectivity index (χ1) is 16.4. The third kappa shape index (κ3) is 5.04. The van der Waals surface area contributed by atoms with Crippen LogP contribution in [0.2, 0.25) is 0 Å². The molecule has 34 heavy (non-hydrogen) atoms. The van der Waals surface area contributed by atoms with Gasteiger partial charge in [0.2, 0.25) is 0 Å². The summed E-state index contributed by atoms with van der Waals surface area (Å²) in [6, 6.07) is 16.7. The lowest BCUT2D eigenvalue weighted by molar-refractivity contribution is 0.189. The largest absolute Gasteiger partial charge is 0.493 e. The number of hydrogen-bond acceptors (Lipinski definition) is 5. The van der Waals surface area contributed by atoms with Gasteiger partial charge in [-0.3, -0.25) is 0 Å². The Labute approximate surface area is 199 Å². The van der Waals surface area contributed by atoms with Gasteiger partial charge in [0.05, 0.1) is 18.1 Å². The third-order valence-corrected chi connectivity index (χ3v) is 8.17. The van der Waals surface area contributed by atoms with Crippen LogP contribution in [-0.4, -0.2) is 32.6 Å². The lowest BCUT2D eigenvalue weighted by Crippen LogP contribution is -2.30. The standard InChI is InChI=1S/C27H28FNO4S/c1-18-13-24(33-23-8-11-34(30,31)12-9-23)15-20-7-10-32-26-6-5-19(14-25(26)27(18)20)17-29-22-4-2-3-21(28)16-22/h2-6,13-16,23,29H,7-12,17H2,1H3. The molecule has 2 heterocycles. The molecule has 0 saturated carbocycles. The molecule has 5 rings (SSSR count). The highest BCUT2D eigenvalue weighted by atomic mass is 32.2. The first-order valence-electron chi connectivity index (χ1n) is 11.6. The summed E-state index contributed by atoms with van der Waals surface area (Å²) < 4.78 is 49.2. The highest BCUT2D eigenvalue weighted by Gasteiger charge is 2.26. The second-order valence-electron chi connectivity index (χ2n) is 9.04. The first-order valence-corrected chi connectivity index (χ1v) is 13.4. The van der Waals surface area contributed by atoms with Crippen molar-refractivity contribution in [1.82, 2.24) is 0 Å². The Morgan fingerprint density at radius 3 is 2.71 bits per heavy atom. The number of aryl methyl sites for hydroxylation is 1. The van der Waals surface area contributed by atoms with E-state index in [1.165, 1.54) is 12.1 Å². The monoisotopic (exact) mass is 481 g/mol. The second kappa shape index (κ2) is 9.29. The molecular weight excluding hydrogens is 453 g/mol. The fraction of sp³-hybridized carbons (Fsp3) is 0.333. The molecule has 2 aliphatic heterocycles. The van der Waals surface area contributed by atoms with Crippen molar-refractivity contribution in [2.75, 3.05) is 23.4 Å². The number of halogens is 1. The molecule has 0 atom stereocenters. The quantitative estimate of drug-likeness (QED) is 0.536. The van der Waals surface area contributed by atoms with Gasteiger partial charge >= 0.3 is 0 Å². The van der Waals surface area contributed by atoms with Crippen molar-refractivity contribution >= 4 is 15.5 Å². The molecule has 3 aromatic carbocycles. The third-order valence-electron chi connectivity index (χ3n) is 6.46. The van der Waals surface area contributed by atoms with E-state index < -0.39 is 9.84 Å². The number of sulfone groups is 1. The van der Waals surface area contributed by atoms with Crippen LogP contribution in [0.25, 0.3) is 11.1 Å². The fourth-order valence-corrected chi connectivity index (χ4v) is 6.18. The van der Waals surface area contributed by atoms with Crippen LogP contribution >= 0.6 is 0 Å². The Kier molecular flexibility index (Phi) is 6.21. The maximum atomic E-state index is 13.5. The zero-order valence-corrected chi connectivity index (χ0v) is 20.0. The fourth-order valence-electron chi connectivity index (χ4n) is 4.74. The van der Waals surface area contributed by atoms with Gasteiger partial charge in [-0.2, -0.15) is 0 Å². The van der Waals surface area contributed by atoms with E-state index in [4.69, 9.17) is 9.47 Å². The van der Waals surface area contributed by atoms with E-state index in [2.05, 4.69) is 24.4 Å². The van der Waals surface area contributed by atoms with Crippen molar-refractivity contribution in [3.8, 4) is 22.6 Å². The lowest BCUT2D eigenvalue weighted by atomic mass is 9.92. The van der Waals surface area contributed by atoms with Crippen LogP contribution in [0.15, 0.2) is 54.6 Å². The van der Waals surface area contributed by atoms with Crippen molar-refractivity contribution in [3.63, 3.8) is 0 Å². The second-order valence-corrected chi connectivity index (χ2v) is 11.3. The van der Waals surface area contributed by atoms with E-state index in [9.17, 15) is 12.8 Å². The van der Waals surface area contributed by atoms with E-state index in [1.54, 1.807) is 6.07 Å². The van der Waals surface area contributed by atoms with Crippen LogP contribution in [0.1, 0.15) is 29.5 Å². The number of fused-ring (bicyclic) bond motifs is 3. The number of anilines is 1. The Bertz CT molecular complexity index is 1310. The Morgan fingerprint density at radius 2 is 1.91 bits per heavy atom. The summed E-state index contributed by atoms with van der Waals surface area (Å²) in [5, 5.41) is 3.28. The molecule has 0 unspecified atom stereocenters. The molecular formula is C27H28FNO4S. The average molecular weight is 482 g/mol. The van der Waals surface area contributed by atoms with Crippen LogP contribution in [-0.2, 0) is 22.8 Å². The number of nitrogens with one attached hydrogen (secondary N) is 1. The molecule has 0 spiro atoms. The maximum Gasteiger partial charge on any atom is 0.150 e. The van der Waals surface area contributed by atoms with E-state index >= 15 is 0 Å². The van der Waals surface area contributed by atoms with Gasteiger partial charge < -0.3 is 14.8 Å². The molecule has 5 nitrogen and oxygen atoms in total. The average Bonchev–Trinajstić information content (AvgIpc) is 2.98. The van der Waals surface area contributed by atoms with E-state index in [0.29, 0.717) is 26.0 Å². The SMILES string of the molecule is Cc1cc(OC2CCS(=O)(=O)CC2)cc2c1-c1cc(CNc3cccc(F)c3)ccc1OCC2. The smallest absolute Gasteiger partial charge is 0.150 e. The molecule has 1 saturated heterocycles. The van der Waals surface area contributed by atoms with Crippen LogP contribution in [0.5, 0.6) is 11.5 Å². The summed E-state index contributed by atoms with van der Waals surface area (Å²) in [6.45, 7) is 3.21. The summed E-state index contributed by atoms with van der Waals surface area (Å²) in [5.74, 6) is 1.75. The van der Waals surface area contributed by atoms with Crippen LogP contribution in [0.3, 0.4) is 0 Å². The molecule has 178 valence electrons. The first kappa shape index (κ1) is 22.7. The molecule has 0 bridgehead atoms. The lowest BCUT2D eigenvalue weighted by Gasteiger charge is -2.24. The van der Waals surface area contributed by atoms with Crippen molar-refractivity contribution in [1.29, 1.82) is 0 Å². The summed E-state index contributed by atoms with van der Waals surface area (Å²) in [6.07, 6.45) is 1.76. The zero-order valence-electron chi connectivity index (χ0n) is 19.1. The Hall–Kier alpha value is -3.06. The topological polar surface area (TPSA) is 64.6 Å². The van der Waals surface area contributed by atoms with Crippen molar-refractivity contribution in [2.24, 2.45) is 0 Å². The minimum atomic E-state index is -2.92. The van der Waals surface area contributed by atoms with E-state index in [1.807, 2.05) is 24.3 Å². The summed E-state index contributed by atoms with van der Waals surface area (Å²) in [4.78, 5) is 0. The normalized spacial score (nSPS) is 17.1. The summed E-state index contributed by atoms with van der Waals surface area (Å²) in [5.41, 5.74) is 6.26. The van der Waals surface area contributed by atoms with E-state index in [0.717, 1.165) is 51.4 Å². The van der Waals surface area contributed by atoms with Gasteiger partial charge in [0.25, 0.3) is 0 Å². The van der Waals surface area contributed by atoms with Gasteiger partial charge in [-0.15, -0.1) is 0 Å². The van der Waals surface area contributed by atoms with Gasteiger partial charge in [0.1, 0.15) is 23.4 Å². The minimum Gasteiger partial charge on any atom is -0.493 e. The predicted octanol–water partition coefficient (Wildman–Crippen LogP) is 5.30. The highest BCUT2D eigenvalue weighted by Crippen LogP contribution is 2.40. The molecule has 0 aromatic heterocycles. The van der Waals surface area contributed by atoms with Gasteiger partial charge in [-0.1, -0.05) is 12.1 Å².